The average molecular weight is 737 g/mol. The number of aldehydes is 1. The van der Waals surface area contributed by atoms with E-state index in [1.54, 1.807) is 19.2 Å². The second-order valence-corrected chi connectivity index (χ2v) is 9.97. The van der Waals surface area contributed by atoms with E-state index in [4.69, 9.17) is 14.6 Å². The van der Waals surface area contributed by atoms with Gasteiger partial charge in [0.2, 0.25) is 0 Å². The molecule has 0 saturated carbocycles. The molecule has 0 bridgehead atoms. The van der Waals surface area contributed by atoms with Crippen molar-refractivity contribution >= 4 is 81.0 Å². The fourth-order valence-corrected chi connectivity index (χ4v) is 4.40. The number of nitrogens with zero attached hydrogens (tertiary/aromatic N) is 2. The molecule has 2 N–H and O–H groups in total. The van der Waals surface area contributed by atoms with Crippen molar-refractivity contribution in [2.75, 3.05) is 38.8 Å². The van der Waals surface area contributed by atoms with E-state index in [-0.39, 0.29) is 25.2 Å². The van der Waals surface area contributed by atoms with Crippen LogP contribution in [0.1, 0.15) is 18.4 Å². The number of aliphatic carboxylic acids is 1. The van der Waals surface area contributed by atoms with Crippen LogP contribution in [0.4, 0.5) is 21.0 Å². The van der Waals surface area contributed by atoms with Crippen LogP contribution in [0, 0.1) is 0 Å². The van der Waals surface area contributed by atoms with E-state index in [1.165, 1.54) is 17.0 Å². The minimum absolute atomic E-state index is 0.00117. The van der Waals surface area contributed by atoms with Crippen molar-refractivity contribution < 1.29 is 33.8 Å². The van der Waals surface area contributed by atoms with Crippen molar-refractivity contribution in [3.63, 3.8) is 0 Å². The summed E-state index contributed by atoms with van der Waals surface area (Å²) in [6.07, 6.45) is -0.916. The lowest BCUT2D eigenvalue weighted by Crippen LogP contribution is -2.42. The second kappa shape index (κ2) is 16.3. The predicted octanol–water partition coefficient (Wildman–Crippen LogP) is 4.66. The summed E-state index contributed by atoms with van der Waals surface area (Å²) in [5.41, 5.74) is 2.49. The third-order valence-electron chi connectivity index (χ3n) is 5.24. The van der Waals surface area contributed by atoms with Crippen LogP contribution in [-0.4, -0.2) is 64.6 Å². The maximum Gasteiger partial charge on any atom is 0.414 e. The fourth-order valence-electron chi connectivity index (χ4n) is 3.23. The minimum Gasteiger partial charge on any atom is -0.480 e. The van der Waals surface area contributed by atoms with Gasteiger partial charge in [-0.2, -0.15) is 0 Å². The molecule has 2 aromatic rings. The Balaban J connectivity index is 1.87. The van der Waals surface area contributed by atoms with Crippen LogP contribution in [0.5, 0.6) is 5.75 Å². The molecule has 0 aliphatic rings. The number of anilines is 2. The van der Waals surface area contributed by atoms with Gasteiger partial charge < -0.3 is 29.6 Å². The highest BCUT2D eigenvalue weighted by Gasteiger charge is 2.20. The van der Waals surface area contributed by atoms with E-state index >= 15 is 0 Å². The Morgan fingerprint density at radius 3 is 2.14 bits per heavy atom. The third-order valence-corrected chi connectivity index (χ3v) is 6.21. The highest BCUT2D eigenvalue weighted by atomic mass is 127. The summed E-state index contributed by atoms with van der Waals surface area (Å²) in [7, 11) is 1.64. The summed E-state index contributed by atoms with van der Waals surface area (Å²) in [4.78, 5) is 49.8. The van der Waals surface area contributed by atoms with Crippen molar-refractivity contribution in [1.82, 2.24) is 5.32 Å². The molecule has 2 amide bonds. The molecule has 0 aromatic heterocycles. The molecule has 0 spiro atoms. The molecule has 0 fully saturated rings. The van der Waals surface area contributed by atoms with Crippen molar-refractivity contribution in [1.29, 1.82) is 0 Å². The number of ether oxygens (including phenoxy) is 2. The van der Waals surface area contributed by atoms with E-state index in [2.05, 4.69) is 55.4 Å². The van der Waals surface area contributed by atoms with Crippen LogP contribution in [0.25, 0.3) is 0 Å². The number of carbonyl (C=O) groups is 4. The summed E-state index contributed by atoms with van der Waals surface area (Å²) < 4.78 is 12.5. The first-order chi connectivity index (χ1) is 17.8. The van der Waals surface area contributed by atoms with Gasteiger partial charge in [0.25, 0.3) is 0 Å². The average Bonchev–Trinajstić information content (AvgIpc) is 2.89. The Morgan fingerprint density at radius 1 is 1.00 bits per heavy atom. The lowest BCUT2D eigenvalue weighted by atomic mass is 10.2. The van der Waals surface area contributed by atoms with Crippen LogP contribution >= 0.6 is 45.2 Å². The Hall–Kier alpha value is -2.62. The standard InChI is InChI=1S/C25H29I2N3O7/c1-29(19-6-8-20(9-7-19)30(14-12-26)15-13-27)25(35)36-17-18-4-10-21(11-5-18)37-24(34)28-22(23(32)33)3-2-16-31/h4-11,16,22H,2-3,12-15,17H2,1H3,(H,28,34)(H,32,33)/t22-/m1/s1. The van der Waals surface area contributed by atoms with Crippen LogP contribution in [0.2, 0.25) is 0 Å². The van der Waals surface area contributed by atoms with Crippen molar-refractivity contribution in [3.05, 3.63) is 54.1 Å². The quantitative estimate of drug-likeness (QED) is 0.163. The minimum atomic E-state index is -1.26. The number of rotatable bonds is 14. The Morgan fingerprint density at radius 2 is 1.59 bits per heavy atom. The van der Waals surface area contributed by atoms with Gasteiger partial charge >= 0.3 is 18.2 Å². The Labute approximate surface area is 242 Å². The lowest BCUT2D eigenvalue weighted by molar-refractivity contribution is -0.139. The van der Waals surface area contributed by atoms with Gasteiger partial charge in [-0.1, -0.05) is 57.3 Å². The van der Waals surface area contributed by atoms with Crippen molar-refractivity contribution in [3.8, 4) is 5.75 Å². The number of amides is 2. The number of carboxylic acid groups (broad SMARTS) is 1. The van der Waals surface area contributed by atoms with E-state index < -0.39 is 24.2 Å². The number of hydrogen-bond donors (Lipinski definition) is 2. The first-order valence-corrected chi connectivity index (χ1v) is 14.4. The molecule has 0 aliphatic carbocycles. The largest absolute Gasteiger partial charge is 0.480 e. The summed E-state index contributed by atoms with van der Waals surface area (Å²) in [6, 6.07) is 12.8. The molecule has 2 aromatic carbocycles. The number of hydrogen-bond acceptors (Lipinski definition) is 7. The van der Waals surface area contributed by atoms with Gasteiger partial charge in [-0.15, -0.1) is 0 Å². The first-order valence-electron chi connectivity index (χ1n) is 11.4. The van der Waals surface area contributed by atoms with Crippen LogP contribution in [-0.2, 0) is 20.9 Å². The SMILES string of the molecule is CN(C(=O)OCc1ccc(OC(=O)N[C@H](CCC=O)C(=O)O)cc1)c1ccc(N(CCI)CCI)cc1. The summed E-state index contributed by atoms with van der Waals surface area (Å²) in [5.74, 6) is -1.07. The summed E-state index contributed by atoms with van der Waals surface area (Å²) in [6.45, 7) is 1.93. The fraction of sp³-hybridized carbons (Fsp3) is 0.360. The molecule has 0 saturated heterocycles. The molecule has 0 unspecified atom stereocenters. The van der Waals surface area contributed by atoms with Crippen LogP contribution < -0.4 is 19.9 Å². The normalized spacial score (nSPS) is 11.2. The number of nitrogens with one attached hydrogen (secondary N) is 1. The molecule has 10 nitrogen and oxygen atoms in total. The van der Waals surface area contributed by atoms with Crippen LogP contribution in [0.15, 0.2) is 48.5 Å². The van der Waals surface area contributed by atoms with Gasteiger partial charge in [0, 0.05) is 46.8 Å². The van der Waals surface area contributed by atoms with Gasteiger partial charge in [0.05, 0.1) is 0 Å². The molecule has 37 heavy (non-hydrogen) atoms. The highest BCUT2D eigenvalue weighted by molar-refractivity contribution is 14.1. The topological polar surface area (TPSA) is 125 Å². The monoisotopic (exact) mass is 737 g/mol. The molecule has 1 atom stereocenters. The smallest absolute Gasteiger partial charge is 0.414 e. The number of benzene rings is 2. The van der Waals surface area contributed by atoms with Crippen molar-refractivity contribution in [2.45, 2.75) is 25.5 Å². The maximum absolute atomic E-state index is 12.5. The highest BCUT2D eigenvalue weighted by Crippen LogP contribution is 2.21. The van der Waals surface area contributed by atoms with Crippen LogP contribution in [0.3, 0.4) is 0 Å². The lowest BCUT2D eigenvalue weighted by Gasteiger charge is -2.24. The molecule has 2 rings (SSSR count). The molecule has 12 heteroatoms. The zero-order chi connectivity index (χ0) is 27.2. The number of halogens is 2. The summed E-state index contributed by atoms with van der Waals surface area (Å²) >= 11 is 4.72. The predicted molar refractivity (Wildman–Crippen MR) is 157 cm³/mol. The number of carboxylic acids is 1. The molecular weight excluding hydrogens is 708 g/mol. The Kier molecular flexibility index (Phi) is 13.5. The maximum atomic E-state index is 12.5. The van der Waals surface area contributed by atoms with E-state index in [9.17, 15) is 19.2 Å². The van der Waals surface area contributed by atoms with Gasteiger partial charge in [0.1, 0.15) is 24.7 Å². The number of carbonyl (C=O) groups excluding carboxylic acids is 3. The zero-order valence-corrected chi connectivity index (χ0v) is 24.6. The van der Waals surface area contributed by atoms with Gasteiger partial charge in [0.15, 0.2) is 0 Å². The number of alkyl halides is 2. The van der Waals surface area contributed by atoms with Crippen molar-refractivity contribution in [2.24, 2.45) is 0 Å². The molecule has 0 aliphatic heterocycles. The molecular formula is C25H29I2N3O7. The molecule has 0 heterocycles. The van der Waals surface area contributed by atoms with Gasteiger partial charge in [-0.05, 0) is 48.4 Å². The van der Waals surface area contributed by atoms with E-state index in [0.717, 1.165) is 27.6 Å². The van der Waals surface area contributed by atoms with E-state index in [0.29, 0.717) is 17.5 Å². The van der Waals surface area contributed by atoms with Gasteiger partial charge in [-0.3, -0.25) is 4.90 Å². The Bertz CT molecular complexity index is 1030. The van der Waals surface area contributed by atoms with Gasteiger partial charge in [-0.25, -0.2) is 14.4 Å². The van der Waals surface area contributed by atoms with E-state index in [1.807, 2.05) is 24.3 Å². The second-order valence-electron chi connectivity index (χ2n) is 7.81. The molecule has 0 radical (unpaired) electrons. The first kappa shape index (κ1) is 30.6. The third kappa shape index (κ3) is 10.3. The molecule has 200 valence electrons. The summed E-state index contributed by atoms with van der Waals surface area (Å²) in [5, 5.41) is 11.3. The zero-order valence-electron chi connectivity index (χ0n) is 20.3.